The molecule has 1 aliphatic rings. The van der Waals surface area contributed by atoms with Crippen molar-refractivity contribution in [3.8, 4) is 0 Å². The zero-order valence-electron chi connectivity index (χ0n) is 14.6. The normalized spacial score (nSPS) is 16.2. The van der Waals surface area contributed by atoms with E-state index >= 15 is 0 Å². The Morgan fingerprint density at radius 3 is 2.80 bits per heavy atom. The molecule has 0 unspecified atom stereocenters. The maximum absolute atomic E-state index is 12.5. The summed E-state index contributed by atoms with van der Waals surface area (Å²) in [4.78, 5) is 23.4. The lowest BCUT2D eigenvalue weighted by atomic mass is 10.0. The maximum atomic E-state index is 12.5. The van der Waals surface area contributed by atoms with Crippen molar-refractivity contribution in [3.05, 3.63) is 54.0 Å². The number of nitrogens with zero attached hydrogens (tertiary/aromatic N) is 3. The number of anilines is 1. The molecule has 2 aromatic rings. The van der Waals surface area contributed by atoms with Gasteiger partial charge in [0, 0.05) is 37.7 Å². The van der Waals surface area contributed by atoms with Crippen LogP contribution in [0.1, 0.15) is 41.2 Å². The second-order valence-corrected chi connectivity index (χ2v) is 6.29. The number of rotatable bonds is 6. The third-order valence-electron chi connectivity index (χ3n) is 4.63. The van der Waals surface area contributed by atoms with Gasteiger partial charge in [-0.2, -0.15) is 0 Å². The van der Waals surface area contributed by atoms with Crippen molar-refractivity contribution < 1.29 is 4.79 Å². The van der Waals surface area contributed by atoms with Gasteiger partial charge in [0.25, 0.3) is 5.91 Å². The Bertz CT molecular complexity index is 685. The first-order valence-corrected chi connectivity index (χ1v) is 8.84. The van der Waals surface area contributed by atoms with E-state index in [4.69, 9.17) is 0 Å². The molecular formula is C19H25N5O. The van der Waals surface area contributed by atoms with Gasteiger partial charge in [-0.15, -0.1) is 0 Å². The molecule has 0 radical (unpaired) electrons. The van der Waals surface area contributed by atoms with E-state index < -0.39 is 0 Å². The van der Waals surface area contributed by atoms with Gasteiger partial charge >= 0.3 is 0 Å². The SMILES string of the molecule is CNc1cc(C(=O)NC[C@@H](c2cccnc2)N2CCCCC2)ccn1. The summed E-state index contributed by atoms with van der Waals surface area (Å²) in [7, 11) is 1.79. The highest BCUT2D eigenvalue weighted by Crippen LogP contribution is 2.23. The molecule has 6 heteroatoms. The molecule has 0 aromatic carbocycles. The van der Waals surface area contributed by atoms with E-state index in [1.54, 1.807) is 31.6 Å². The summed E-state index contributed by atoms with van der Waals surface area (Å²) < 4.78 is 0. The summed E-state index contributed by atoms with van der Waals surface area (Å²) in [6, 6.07) is 7.69. The van der Waals surface area contributed by atoms with Crippen LogP contribution in [0.4, 0.5) is 5.82 Å². The Balaban J connectivity index is 1.70. The molecule has 1 amide bonds. The highest BCUT2D eigenvalue weighted by molar-refractivity contribution is 5.94. The Morgan fingerprint density at radius 2 is 2.08 bits per heavy atom. The van der Waals surface area contributed by atoms with Gasteiger partial charge in [-0.3, -0.25) is 14.7 Å². The van der Waals surface area contributed by atoms with Gasteiger partial charge in [-0.25, -0.2) is 4.98 Å². The number of likely N-dealkylation sites (tertiary alicyclic amines) is 1. The molecule has 0 spiro atoms. The van der Waals surface area contributed by atoms with E-state index in [-0.39, 0.29) is 11.9 Å². The van der Waals surface area contributed by atoms with Gasteiger partial charge in [0.15, 0.2) is 0 Å². The van der Waals surface area contributed by atoms with Gasteiger partial charge in [0.2, 0.25) is 0 Å². The van der Waals surface area contributed by atoms with Gasteiger partial charge in [0.1, 0.15) is 5.82 Å². The molecule has 132 valence electrons. The number of pyridine rings is 2. The summed E-state index contributed by atoms with van der Waals surface area (Å²) in [5.74, 6) is 0.609. The third kappa shape index (κ3) is 4.54. The molecule has 0 saturated carbocycles. The number of carbonyl (C=O) groups excluding carboxylic acids is 1. The minimum atomic E-state index is -0.0789. The minimum Gasteiger partial charge on any atom is -0.373 e. The summed E-state index contributed by atoms with van der Waals surface area (Å²) in [6.07, 6.45) is 9.03. The number of hydrogen-bond donors (Lipinski definition) is 2. The van der Waals surface area contributed by atoms with Crippen LogP contribution < -0.4 is 10.6 Å². The highest BCUT2D eigenvalue weighted by Gasteiger charge is 2.23. The van der Waals surface area contributed by atoms with Crippen molar-refractivity contribution in [2.45, 2.75) is 25.3 Å². The summed E-state index contributed by atoms with van der Waals surface area (Å²) >= 11 is 0. The Hall–Kier alpha value is -2.47. The molecule has 1 saturated heterocycles. The van der Waals surface area contributed by atoms with Crippen LogP contribution in [0.3, 0.4) is 0 Å². The monoisotopic (exact) mass is 339 g/mol. The smallest absolute Gasteiger partial charge is 0.251 e. The molecule has 1 fully saturated rings. The van der Waals surface area contributed by atoms with Crippen LogP contribution in [0.5, 0.6) is 0 Å². The van der Waals surface area contributed by atoms with Crippen LogP contribution >= 0.6 is 0 Å². The molecule has 1 aliphatic heterocycles. The zero-order chi connectivity index (χ0) is 17.5. The quantitative estimate of drug-likeness (QED) is 0.846. The fraction of sp³-hybridized carbons (Fsp3) is 0.421. The molecule has 6 nitrogen and oxygen atoms in total. The second-order valence-electron chi connectivity index (χ2n) is 6.29. The molecule has 1 atom stereocenters. The molecule has 3 rings (SSSR count). The highest BCUT2D eigenvalue weighted by atomic mass is 16.1. The molecule has 25 heavy (non-hydrogen) atoms. The van der Waals surface area contributed by atoms with Crippen molar-refractivity contribution in [1.82, 2.24) is 20.2 Å². The average Bonchev–Trinajstić information content (AvgIpc) is 2.69. The fourth-order valence-electron chi connectivity index (χ4n) is 3.26. The van der Waals surface area contributed by atoms with E-state index in [2.05, 4.69) is 31.6 Å². The Morgan fingerprint density at radius 1 is 1.24 bits per heavy atom. The largest absolute Gasteiger partial charge is 0.373 e. The van der Waals surface area contributed by atoms with Crippen LogP contribution in [-0.4, -0.2) is 47.5 Å². The first kappa shape index (κ1) is 17.4. The predicted octanol–water partition coefficient (Wildman–Crippen LogP) is 2.48. The maximum Gasteiger partial charge on any atom is 0.251 e. The lowest BCUT2D eigenvalue weighted by Crippen LogP contribution is -2.40. The molecule has 0 aliphatic carbocycles. The number of hydrogen-bond acceptors (Lipinski definition) is 5. The molecule has 3 heterocycles. The molecule has 2 aromatic heterocycles. The number of aromatic nitrogens is 2. The van der Waals surface area contributed by atoms with E-state index in [0.717, 1.165) is 18.7 Å². The first-order chi connectivity index (χ1) is 12.3. The summed E-state index contributed by atoms with van der Waals surface area (Å²) in [5, 5.41) is 6.04. The van der Waals surface area contributed by atoms with Gasteiger partial charge in [-0.05, 0) is 49.7 Å². The van der Waals surface area contributed by atoms with Crippen LogP contribution in [0, 0.1) is 0 Å². The standard InChI is InChI=1S/C19H25N5O/c1-20-18-12-15(7-9-22-18)19(25)23-14-17(16-6-5-8-21-13-16)24-10-3-2-4-11-24/h5-9,12-13,17H,2-4,10-11,14H2,1H3,(H,20,22)(H,23,25)/t17-/m0/s1. The molecular weight excluding hydrogens is 314 g/mol. The van der Waals surface area contributed by atoms with Gasteiger partial charge in [0.05, 0.1) is 6.04 Å². The fourth-order valence-corrected chi connectivity index (χ4v) is 3.26. The molecule has 2 N–H and O–H groups in total. The average molecular weight is 339 g/mol. The van der Waals surface area contributed by atoms with Crippen molar-refractivity contribution >= 4 is 11.7 Å². The Labute approximate surface area is 148 Å². The second kappa shape index (κ2) is 8.58. The summed E-state index contributed by atoms with van der Waals surface area (Å²) in [5.41, 5.74) is 1.76. The number of piperidine rings is 1. The predicted molar refractivity (Wildman–Crippen MR) is 98.5 cm³/mol. The van der Waals surface area contributed by atoms with E-state index in [1.165, 1.54) is 19.3 Å². The Kier molecular flexibility index (Phi) is 5.95. The van der Waals surface area contributed by atoms with Crippen LogP contribution in [0.25, 0.3) is 0 Å². The topological polar surface area (TPSA) is 70.2 Å². The van der Waals surface area contributed by atoms with Crippen LogP contribution in [-0.2, 0) is 0 Å². The van der Waals surface area contributed by atoms with Gasteiger partial charge in [-0.1, -0.05) is 12.5 Å². The van der Waals surface area contributed by atoms with Crippen molar-refractivity contribution in [1.29, 1.82) is 0 Å². The number of carbonyl (C=O) groups is 1. The van der Waals surface area contributed by atoms with Crippen LogP contribution in [0.15, 0.2) is 42.9 Å². The first-order valence-electron chi connectivity index (χ1n) is 8.84. The van der Waals surface area contributed by atoms with Crippen LogP contribution in [0.2, 0.25) is 0 Å². The van der Waals surface area contributed by atoms with Crippen molar-refractivity contribution in [2.75, 3.05) is 32.0 Å². The molecule has 0 bridgehead atoms. The van der Waals surface area contributed by atoms with E-state index in [1.807, 2.05) is 12.3 Å². The zero-order valence-corrected chi connectivity index (χ0v) is 14.6. The van der Waals surface area contributed by atoms with Crippen molar-refractivity contribution in [3.63, 3.8) is 0 Å². The number of amides is 1. The van der Waals surface area contributed by atoms with E-state index in [9.17, 15) is 4.79 Å². The third-order valence-corrected chi connectivity index (χ3v) is 4.63. The van der Waals surface area contributed by atoms with Gasteiger partial charge < -0.3 is 10.6 Å². The van der Waals surface area contributed by atoms with E-state index in [0.29, 0.717) is 17.9 Å². The summed E-state index contributed by atoms with van der Waals surface area (Å²) in [6.45, 7) is 2.70. The lowest BCUT2D eigenvalue weighted by molar-refractivity contribution is 0.0924. The minimum absolute atomic E-state index is 0.0789. The van der Waals surface area contributed by atoms with Crippen molar-refractivity contribution in [2.24, 2.45) is 0 Å². The lowest BCUT2D eigenvalue weighted by Gasteiger charge is -2.34. The number of nitrogens with one attached hydrogen (secondary N) is 2.